The van der Waals surface area contributed by atoms with Gasteiger partial charge < -0.3 is 4.57 Å². The van der Waals surface area contributed by atoms with Crippen molar-refractivity contribution >= 4 is 22.9 Å². The lowest BCUT2D eigenvalue weighted by Gasteiger charge is -2.29. The summed E-state index contributed by atoms with van der Waals surface area (Å²) in [6.07, 6.45) is 4.14. The summed E-state index contributed by atoms with van der Waals surface area (Å²) in [7, 11) is 0. The van der Waals surface area contributed by atoms with Crippen LogP contribution in [-0.4, -0.2) is 15.5 Å². The van der Waals surface area contributed by atoms with E-state index in [1.54, 1.807) is 0 Å². The quantitative estimate of drug-likeness (QED) is 0.921. The van der Waals surface area contributed by atoms with Crippen LogP contribution in [0, 0.1) is 12.8 Å². The molecule has 2 aromatic rings. The third-order valence-corrected chi connectivity index (χ3v) is 4.13. The summed E-state index contributed by atoms with van der Waals surface area (Å²) >= 11 is 0. The van der Waals surface area contributed by atoms with E-state index in [0.717, 1.165) is 11.0 Å². The zero-order chi connectivity index (χ0) is 15.0. The van der Waals surface area contributed by atoms with Crippen molar-refractivity contribution in [1.29, 1.82) is 0 Å². The molecule has 1 aliphatic rings. The standard InChI is InChI=1S/C17H23N3O/c1-11(2)9-16(21)19-17-18-14-8-7-12(3)10-15(14)20(17)13-5-4-6-13/h7-8,10-11,13H,4-6,9H2,1-3H3,(H,18,19,21). The number of carbonyl (C=O) groups is 1. The predicted molar refractivity (Wildman–Crippen MR) is 85.4 cm³/mol. The summed E-state index contributed by atoms with van der Waals surface area (Å²) in [5.41, 5.74) is 3.33. The molecule has 0 bridgehead atoms. The smallest absolute Gasteiger partial charge is 0.226 e. The molecule has 1 N–H and O–H groups in total. The molecular weight excluding hydrogens is 262 g/mol. The Bertz CT molecular complexity index is 668. The summed E-state index contributed by atoms with van der Waals surface area (Å²) in [6, 6.07) is 6.75. The van der Waals surface area contributed by atoms with E-state index < -0.39 is 0 Å². The van der Waals surface area contributed by atoms with Gasteiger partial charge in [0.15, 0.2) is 0 Å². The Labute approximate surface area is 125 Å². The minimum atomic E-state index is 0.0533. The molecule has 112 valence electrons. The van der Waals surface area contributed by atoms with Crippen molar-refractivity contribution in [3.05, 3.63) is 23.8 Å². The van der Waals surface area contributed by atoms with Crippen LogP contribution in [0.1, 0.15) is 51.1 Å². The topological polar surface area (TPSA) is 46.9 Å². The second-order valence-corrected chi connectivity index (χ2v) is 6.53. The Balaban J connectivity index is 1.98. The van der Waals surface area contributed by atoms with Crippen molar-refractivity contribution in [3.8, 4) is 0 Å². The average molecular weight is 285 g/mol. The van der Waals surface area contributed by atoms with Gasteiger partial charge in [0.2, 0.25) is 11.9 Å². The predicted octanol–water partition coefficient (Wildman–Crippen LogP) is 4.05. The van der Waals surface area contributed by atoms with E-state index in [0.29, 0.717) is 24.3 Å². The molecule has 4 nitrogen and oxygen atoms in total. The highest BCUT2D eigenvalue weighted by Gasteiger charge is 2.25. The van der Waals surface area contributed by atoms with Crippen molar-refractivity contribution in [1.82, 2.24) is 9.55 Å². The first-order valence-electron chi connectivity index (χ1n) is 7.83. The van der Waals surface area contributed by atoms with Crippen molar-refractivity contribution in [2.45, 2.75) is 52.5 Å². The molecule has 1 aromatic heterocycles. The van der Waals surface area contributed by atoms with Crippen LogP contribution in [0.4, 0.5) is 5.95 Å². The van der Waals surface area contributed by atoms with Crippen LogP contribution in [0.2, 0.25) is 0 Å². The highest BCUT2D eigenvalue weighted by molar-refractivity contribution is 5.91. The maximum absolute atomic E-state index is 12.1. The summed E-state index contributed by atoms with van der Waals surface area (Å²) in [5, 5.41) is 3.01. The van der Waals surface area contributed by atoms with Gasteiger partial charge in [-0.05, 0) is 49.8 Å². The first-order valence-corrected chi connectivity index (χ1v) is 7.83. The first kappa shape index (κ1) is 14.1. The van der Waals surface area contributed by atoms with Gasteiger partial charge in [0.05, 0.1) is 11.0 Å². The van der Waals surface area contributed by atoms with Crippen LogP contribution in [0.25, 0.3) is 11.0 Å². The fourth-order valence-electron chi connectivity index (χ4n) is 2.85. The maximum atomic E-state index is 12.1. The number of hydrogen-bond acceptors (Lipinski definition) is 2. The Morgan fingerprint density at radius 3 is 2.81 bits per heavy atom. The normalized spacial score (nSPS) is 15.4. The maximum Gasteiger partial charge on any atom is 0.226 e. The third-order valence-electron chi connectivity index (χ3n) is 4.13. The van der Waals surface area contributed by atoms with E-state index in [1.807, 2.05) is 6.07 Å². The number of imidazole rings is 1. The van der Waals surface area contributed by atoms with E-state index in [4.69, 9.17) is 0 Å². The number of carbonyl (C=O) groups excluding carboxylic acids is 1. The number of nitrogens with zero attached hydrogens (tertiary/aromatic N) is 2. The number of amides is 1. The SMILES string of the molecule is Cc1ccc2nc(NC(=O)CC(C)C)n(C3CCC3)c2c1. The fourth-order valence-corrected chi connectivity index (χ4v) is 2.85. The van der Waals surface area contributed by atoms with E-state index in [1.165, 1.54) is 24.8 Å². The number of rotatable bonds is 4. The Hall–Kier alpha value is -1.84. The van der Waals surface area contributed by atoms with Crippen LogP contribution < -0.4 is 5.32 Å². The number of hydrogen-bond donors (Lipinski definition) is 1. The molecule has 4 heteroatoms. The minimum Gasteiger partial charge on any atom is -0.307 e. The molecule has 0 aliphatic heterocycles. The van der Waals surface area contributed by atoms with E-state index >= 15 is 0 Å². The lowest BCUT2D eigenvalue weighted by atomic mass is 9.92. The van der Waals surface area contributed by atoms with Gasteiger partial charge in [-0.3, -0.25) is 10.1 Å². The van der Waals surface area contributed by atoms with Crippen molar-refractivity contribution in [3.63, 3.8) is 0 Å². The van der Waals surface area contributed by atoms with Gasteiger partial charge in [0.25, 0.3) is 0 Å². The fraction of sp³-hybridized carbons (Fsp3) is 0.529. The number of aromatic nitrogens is 2. The molecule has 3 rings (SSSR count). The molecule has 0 atom stereocenters. The van der Waals surface area contributed by atoms with Gasteiger partial charge in [0.1, 0.15) is 0 Å². The number of nitrogens with one attached hydrogen (secondary N) is 1. The zero-order valence-electron chi connectivity index (χ0n) is 13.0. The average Bonchev–Trinajstić information content (AvgIpc) is 2.64. The molecule has 21 heavy (non-hydrogen) atoms. The largest absolute Gasteiger partial charge is 0.307 e. The van der Waals surface area contributed by atoms with E-state index in [-0.39, 0.29) is 5.91 Å². The van der Waals surface area contributed by atoms with Gasteiger partial charge in [-0.1, -0.05) is 19.9 Å². The monoisotopic (exact) mass is 285 g/mol. The molecule has 0 unspecified atom stereocenters. The number of aryl methyl sites for hydroxylation is 1. The van der Waals surface area contributed by atoms with Gasteiger partial charge in [-0.2, -0.15) is 0 Å². The molecule has 0 spiro atoms. The lowest BCUT2D eigenvalue weighted by Crippen LogP contribution is -2.22. The Morgan fingerprint density at radius 2 is 2.19 bits per heavy atom. The van der Waals surface area contributed by atoms with Gasteiger partial charge >= 0.3 is 0 Å². The van der Waals surface area contributed by atoms with Crippen LogP contribution in [0.15, 0.2) is 18.2 Å². The molecule has 1 amide bonds. The van der Waals surface area contributed by atoms with Gasteiger partial charge in [-0.25, -0.2) is 4.98 Å². The molecular formula is C17H23N3O. The summed E-state index contributed by atoms with van der Waals surface area (Å²) in [6.45, 7) is 6.20. The zero-order valence-corrected chi connectivity index (χ0v) is 13.0. The van der Waals surface area contributed by atoms with E-state index in [2.05, 4.69) is 47.8 Å². The first-order chi connectivity index (χ1) is 10.0. The molecule has 1 aliphatic carbocycles. The van der Waals surface area contributed by atoms with Crippen molar-refractivity contribution < 1.29 is 4.79 Å². The van der Waals surface area contributed by atoms with Gasteiger partial charge in [0, 0.05) is 12.5 Å². The van der Waals surface area contributed by atoms with Crippen molar-refractivity contribution in [2.75, 3.05) is 5.32 Å². The summed E-state index contributed by atoms with van der Waals surface area (Å²) in [4.78, 5) is 16.7. The van der Waals surface area contributed by atoms with Crippen LogP contribution in [0.3, 0.4) is 0 Å². The van der Waals surface area contributed by atoms with Crippen LogP contribution >= 0.6 is 0 Å². The lowest BCUT2D eigenvalue weighted by molar-refractivity contribution is -0.116. The highest BCUT2D eigenvalue weighted by atomic mass is 16.1. The Morgan fingerprint density at radius 1 is 1.43 bits per heavy atom. The minimum absolute atomic E-state index is 0.0533. The number of anilines is 1. The second kappa shape index (κ2) is 5.51. The number of fused-ring (bicyclic) bond motifs is 1. The van der Waals surface area contributed by atoms with Gasteiger partial charge in [-0.15, -0.1) is 0 Å². The molecule has 1 fully saturated rings. The van der Waals surface area contributed by atoms with Crippen LogP contribution in [0.5, 0.6) is 0 Å². The van der Waals surface area contributed by atoms with Crippen molar-refractivity contribution in [2.24, 2.45) is 5.92 Å². The molecule has 1 saturated carbocycles. The van der Waals surface area contributed by atoms with Crippen LogP contribution in [-0.2, 0) is 4.79 Å². The molecule has 0 saturated heterocycles. The number of benzene rings is 1. The Kier molecular flexibility index (Phi) is 3.70. The molecule has 1 aromatic carbocycles. The summed E-state index contributed by atoms with van der Waals surface area (Å²) in [5.74, 6) is 1.12. The highest BCUT2D eigenvalue weighted by Crippen LogP contribution is 2.37. The molecule has 1 heterocycles. The third kappa shape index (κ3) is 2.80. The van der Waals surface area contributed by atoms with E-state index in [9.17, 15) is 4.79 Å². The second-order valence-electron chi connectivity index (χ2n) is 6.53. The molecule has 0 radical (unpaired) electrons. The summed E-state index contributed by atoms with van der Waals surface area (Å²) < 4.78 is 2.23.